The van der Waals surface area contributed by atoms with Gasteiger partial charge in [-0.05, 0) is 54.7 Å². The van der Waals surface area contributed by atoms with Gasteiger partial charge in [-0.3, -0.25) is 15.1 Å². The molecule has 1 saturated heterocycles. The van der Waals surface area contributed by atoms with E-state index in [0.29, 0.717) is 33.7 Å². The molecule has 2 atom stereocenters. The summed E-state index contributed by atoms with van der Waals surface area (Å²) in [4.78, 5) is 17.3. The molecule has 4 aromatic rings. The van der Waals surface area contributed by atoms with Crippen molar-refractivity contribution in [3.8, 4) is 22.8 Å². The number of nitrogens with one attached hydrogen (secondary N) is 1. The predicted molar refractivity (Wildman–Crippen MR) is 138 cm³/mol. The van der Waals surface area contributed by atoms with Gasteiger partial charge in [-0.25, -0.2) is 0 Å². The zero-order chi connectivity index (χ0) is 25.2. The molecule has 9 nitrogen and oxygen atoms in total. The zero-order valence-corrected chi connectivity index (χ0v) is 20.3. The molecule has 0 unspecified atom stereocenters. The van der Waals surface area contributed by atoms with Crippen LogP contribution in [-0.4, -0.2) is 29.2 Å². The first-order chi connectivity index (χ1) is 17.5. The number of hydrogen-bond acceptors (Lipinski definition) is 7. The number of ether oxygens (including phenoxy) is 2. The molecular formula is C26H22N4O5S. The first kappa shape index (κ1) is 23.3. The number of nitrogens with zero attached hydrogens (tertiary/aromatic N) is 3. The Morgan fingerprint density at radius 1 is 1.03 bits per heavy atom. The highest BCUT2D eigenvalue weighted by Gasteiger charge is 2.43. The molecule has 2 aromatic heterocycles. The van der Waals surface area contributed by atoms with E-state index in [0.717, 1.165) is 11.4 Å². The highest BCUT2D eigenvalue weighted by atomic mass is 32.1. The molecule has 0 amide bonds. The Balaban J connectivity index is 1.62. The summed E-state index contributed by atoms with van der Waals surface area (Å²) < 4.78 is 17.4. The lowest BCUT2D eigenvalue weighted by Crippen LogP contribution is -2.29. The Labute approximate surface area is 212 Å². The van der Waals surface area contributed by atoms with Crippen molar-refractivity contribution >= 4 is 28.7 Å². The SMILES string of the molecule is COc1cc([N+](=O)[O-])ccc1-c1ccc([C@H]2[C@@H](c3ccccn3)NC(=S)N2c2ccccc2OC)o1. The highest BCUT2D eigenvalue weighted by molar-refractivity contribution is 7.80. The van der Waals surface area contributed by atoms with E-state index in [4.69, 9.17) is 26.1 Å². The number of aromatic nitrogens is 1. The smallest absolute Gasteiger partial charge is 0.273 e. The van der Waals surface area contributed by atoms with Gasteiger partial charge in [-0.2, -0.15) is 0 Å². The molecule has 182 valence electrons. The summed E-state index contributed by atoms with van der Waals surface area (Å²) in [7, 11) is 3.08. The number of nitro benzene ring substituents is 1. The van der Waals surface area contributed by atoms with Crippen LogP contribution in [-0.2, 0) is 0 Å². The largest absolute Gasteiger partial charge is 0.496 e. The lowest BCUT2D eigenvalue weighted by atomic mass is 10.0. The molecule has 2 aromatic carbocycles. The molecule has 10 heteroatoms. The number of anilines is 1. The molecule has 0 saturated carbocycles. The van der Waals surface area contributed by atoms with Crippen LogP contribution in [0.4, 0.5) is 11.4 Å². The van der Waals surface area contributed by atoms with Crippen molar-refractivity contribution in [1.82, 2.24) is 10.3 Å². The Hall–Kier alpha value is -4.44. The van der Waals surface area contributed by atoms with Crippen LogP contribution < -0.4 is 19.7 Å². The maximum atomic E-state index is 11.2. The van der Waals surface area contributed by atoms with Crippen molar-refractivity contribution < 1.29 is 18.8 Å². The fourth-order valence-electron chi connectivity index (χ4n) is 4.39. The lowest BCUT2D eigenvalue weighted by Gasteiger charge is -2.27. The maximum absolute atomic E-state index is 11.2. The van der Waals surface area contributed by atoms with E-state index >= 15 is 0 Å². The van der Waals surface area contributed by atoms with Crippen LogP contribution in [0.5, 0.6) is 11.5 Å². The van der Waals surface area contributed by atoms with Gasteiger partial charge in [0.1, 0.15) is 29.1 Å². The number of rotatable bonds is 7. The fourth-order valence-corrected chi connectivity index (χ4v) is 4.72. The molecule has 1 aliphatic rings. The van der Waals surface area contributed by atoms with Crippen LogP contribution in [0.3, 0.4) is 0 Å². The van der Waals surface area contributed by atoms with E-state index in [1.54, 1.807) is 19.4 Å². The topological polar surface area (TPSA) is 103 Å². The first-order valence-corrected chi connectivity index (χ1v) is 11.5. The van der Waals surface area contributed by atoms with Crippen LogP contribution >= 0.6 is 12.2 Å². The molecule has 36 heavy (non-hydrogen) atoms. The first-order valence-electron chi connectivity index (χ1n) is 11.1. The average molecular weight is 503 g/mol. The molecule has 1 N–H and O–H groups in total. The van der Waals surface area contributed by atoms with Crippen molar-refractivity contribution in [2.75, 3.05) is 19.1 Å². The van der Waals surface area contributed by atoms with E-state index in [1.165, 1.54) is 19.2 Å². The van der Waals surface area contributed by atoms with Gasteiger partial charge in [-0.15, -0.1) is 0 Å². The van der Waals surface area contributed by atoms with Gasteiger partial charge < -0.3 is 24.1 Å². The molecule has 3 heterocycles. The van der Waals surface area contributed by atoms with Crippen molar-refractivity contribution in [1.29, 1.82) is 0 Å². The summed E-state index contributed by atoms with van der Waals surface area (Å²) in [5, 5.41) is 15.1. The van der Waals surface area contributed by atoms with Crippen LogP contribution in [0.1, 0.15) is 23.5 Å². The minimum absolute atomic E-state index is 0.0646. The Kier molecular flexibility index (Phi) is 6.26. The summed E-state index contributed by atoms with van der Waals surface area (Å²) in [5.74, 6) is 2.14. The second-order valence-corrected chi connectivity index (χ2v) is 8.40. The second kappa shape index (κ2) is 9.67. The standard InChI is InChI=1S/C26H22N4O5S/c1-33-21-9-4-3-8-19(21)29-25(24(28-26(29)36)18-7-5-6-14-27-18)22-13-12-20(35-22)17-11-10-16(30(31)32)15-23(17)34-2/h3-15,24-25H,1-2H3,(H,28,36)/t24-,25+/m1/s1. The minimum Gasteiger partial charge on any atom is -0.496 e. The van der Waals surface area contributed by atoms with Crippen LogP contribution in [0.15, 0.2) is 83.4 Å². The third-order valence-corrected chi connectivity index (χ3v) is 6.34. The van der Waals surface area contributed by atoms with Crippen LogP contribution in [0, 0.1) is 10.1 Å². The van der Waals surface area contributed by atoms with Crippen molar-refractivity contribution in [3.05, 3.63) is 101 Å². The lowest BCUT2D eigenvalue weighted by molar-refractivity contribution is -0.384. The number of methoxy groups -OCH3 is 2. The molecule has 5 rings (SSSR count). The predicted octanol–water partition coefficient (Wildman–Crippen LogP) is 5.44. The zero-order valence-electron chi connectivity index (χ0n) is 19.5. The second-order valence-electron chi connectivity index (χ2n) is 8.01. The monoisotopic (exact) mass is 502 g/mol. The van der Waals surface area contributed by atoms with Gasteiger partial charge in [-0.1, -0.05) is 18.2 Å². The number of nitro groups is 1. The molecule has 0 radical (unpaired) electrons. The quantitative estimate of drug-likeness (QED) is 0.201. The summed E-state index contributed by atoms with van der Waals surface area (Å²) in [5.41, 5.74) is 2.12. The normalized spacial score (nSPS) is 17.1. The Bertz CT molecular complexity index is 1420. The molecule has 0 spiro atoms. The van der Waals surface area contributed by atoms with Gasteiger partial charge in [0.15, 0.2) is 5.11 Å². The number of pyridine rings is 1. The Morgan fingerprint density at radius 3 is 2.53 bits per heavy atom. The molecule has 0 aliphatic carbocycles. The van der Waals surface area contributed by atoms with Crippen molar-refractivity contribution in [3.63, 3.8) is 0 Å². The summed E-state index contributed by atoms with van der Waals surface area (Å²) in [6.07, 6.45) is 1.73. The fraction of sp³-hybridized carbons (Fsp3) is 0.154. The molecule has 1 aliphatic heterocycles. The number of para-hydroxylation sites is 2. The van der Waals surface area contributed by atoms with Crippen LogP contribution in [0.25, 0.3) is 11.3 Å². The number of benzene rings is 2. The van der Waals surface area contributed by atoms with Gasteiger partial charge in [0.05, 0.1) is 48.2 Å². The van der Waals surface area contributed by atoms with E-state index in [-0.39, 0.29) is 17.8 Å². The van der Waals surface area contributed by atoms with Crippen molar-refractivity contribution in [2.24, 2.45) is 0 Å². The average Bonchev–Trinajstić information content (AvgIpc) is 3.53. The number of non-ortho nitro benzene ring substituents is 1. The number of hydrogen-bond donors (Lipinski definition) is 1. The maximum Gasteiger partial charge on any atom is 0.273 e. The Morgan fingerprint density at radius 2 is 1.81 bits per heavy atom. The van der Waals surface area contributed by atoms with Crippen molar-refractivity contribution in [2.45, 2.75) is 12.1 Å². The third-order valence-electron chi connectivity index (χ3n) is 6.02. The molecule has 1 fully saturated rings. The molecule has 0 bridgehead atoms. The van der Waals surface area contributed by atoms with E-state index in [2.05, 4.69) is 10.3 Å². The van der Waals surface area contributed by atoms with E-state index in [9.17, 15) is 10.1 Å². The highest BCUT2D eigenvalue weighted by Crippen LogP contribution is 2.46. The third kappa shape index (κ3) is 4.11. The summed E-state index contributed by atoms with van der Waals surface area (Å²) in [6, 6.07) is 20.7. The van der Waals surface area contributed by atoms with E-state index < -0.39 is 4.92 Å². The van der Waals surface area contributed by atoms with Gasteiger partial charge >= 0.3 is 0 Å². The van der Waals surface area contributed by atoms with E-state index in [1.807, 2.05) is 59.5 Å². The summed E-state index contributed by atoms with van der Waals surface area (Å²) in [6.45, 7) is 0. The number of thiocarbonyl (C=S) groups is 1. The van der Waals surface area contributed by atoms with Gasteiger partial charge in [0, 0.05) is 12.3 Å². The van der Waals surface area contributed by atoms with Crippen LogP contribution in [0.2, 0.25) is 0 Å². The van der Waals surface area contributed by atoms with Gasteiger partial charge in [0.2, 0.25) is 0 Å². The summed E-state index contributed by atoms with van der Waals surface area (Å²) >= 11 is 5.77. The minimum atomic E-state index is -0.465. The number of furan rings is 1. The van der Waals surface area contributed by atoms with Gasteiger partial charge in [0.25, 0.3) is 5.69 Å². The molecular weight excluding hydrogens is 480 g/mol.